The predicted octanol–water partition coefficient (Wildman–Crippen LogP) is 3.78. The lowest BCUT2D eigenvalue weighted by Gasteiger charge is -2.06. The van der Waals surface area contributed by atoms with Crippen molar-refractivity contribution in [2.75, 3.05) is 5.73 Å². The standard InChI is InChI=1S/C18H12ClN3/c19-15-9-7-14(8-10-15)17-16(21-12-22-18(17)20)11-6-13-4-2-1-3-5-13/h1-5,7-10,12H,(H2,20,21,22). The maximum atomic E-state index is 6.01. The van der Waals surface area contributed by atoms with E-state index in [4.69, 9.17) is 17.3 Å². The van der Waals surface area contributed by atoms with Crippen LogP contribution in [0.2, 0.25) is 5.02 Å². The fourth-order valence-electron chi connectivity index (χ4n) is 2.05. The molecule has 22 heavy (non-hydrogen) atoms. The van der Waals surface area contributed by atoms with Crippen molar-refractivity contribution in [1.29, 1.82) is 0 Å². The number of nitrogens with two attached hydrogens (primary N) is 1. The second-order valence-corrected chi connectivity index (χ2v) is 5.04. The van der Waals surface area contributed by atoms with Crippen molar-refractivity contribution in [3.8, 4) is 23.0 Å². The molecule has 2 N–H and O–H groups in total. The van der Waals surface area contributed by atoms with E-state index >= 15 is 0 Å². The minimum atomic E-state index is 0.398. The largest absolute Gasteiger partial charge is 0.383 e. The number of halogens is 1. The van der Waals surface area contributed by atoms with E-state index in [0.29, 0.717) is 16.5 Å². The summed E-state index contributed by atoms with van der Waals surface area (Å²) < 4.78 is 0. The van der Waals surface area contributed by atoms with Gasteiger partial charge in [-0.05, 0) is 35.7 Å². The van der Waals surface area contributed by atoms with Crippen LogP contribution in [0, 0.1) is 11.8 Å². The van der Waals surface area contributed by atoms with Crippen molar-refractivity contribution in [3.63, 3.8) is 0 Å². The van der Waals surface area contributed by atoms with Crippen LogP contribution < -0.4 is 5.73 Å². The molecule has 0 aliphatic carbocycles. The van der Waals surface area contributed by atoms with Crippen LogP contribution in [0.5, 0.6) is 0 Å². The Morgan fingerprint density at radius 3 is 2.32 bits per heavy atom. The Kier molecular flexibility index (Phi) is 4.04. The van der Waals surface area contributed by atoms with Crippen molar-refractivity contribution in [1.82, 2.24) is 9.97 Å². The Morgan fingerprint density at radius 2 is 1.59 bits per heavy atom. The van der Waals surface area contributed by atoms with Gasteiger partial charge in [-0.3, -0.25) is 0 Å². The quantitative estimate of drug-likeness (QED) is 0.696. The van der Waals surface area contributed by atoms with Crippen LogP contribution >= 0.6 is 11.6 Å². The number of hydrogen-bond donors (Lipinski definition) is 1. The van der Waals surface area contributed by atoms with Crippen molar-refractivity contribution in [2.24, 2.45) is 0 Å². The van der Waals surface area contributed by atoms with Crippen LogP contribution in [0.25, 0.3) is 11.1 Å². The zero-order valence-electron chi connectivity index (χ0n) is 11.6. The third-order valence-corrected chi connectivity index (χ3v) is 3.36. The van der Waals surface area contributed by atoms with Gasteiger partial charge in [-0.15, -0.1) is 0 Å². The van der Waals surface area contributed by atoms with Gasteiger partial charge in [-0.25, -0.2) is 9.97 Å². The third-order valence-electron chi connectivity index (χ3n) is 3.11. The van der Waals surface area contributed by atoms with Gasteiger partial charge in [0, 0.05) is 10.6 Å². The summed E-state index contributed by atoms with van der Waals surface area (Å²) in [6.07, 6.45) is 1.42. The summed E-state index contributed by atoms with van der Waals surface area (Å²) in [6, 6.07) is 17.1. The summed E-state index contributed by atoms with van der Waals surface area (Å²) >= 11 is 5.93. The molecule has 3 nitrogen and oxygen atoms in total. The van der Waals surface area contributed by atoms with Crippen molar-refractivity contribution >= 4 is 17.4 Å². The summed E-state index contributed by atoms with van der Waals surface area (Å²) in [6.45, 7) is 0. The van der Waals surface area contributed by atoms with Crippen molar-refractivity contribution in [2.45, 2.75) is 0 Å². The number of nitrogen functional groups attached to an aromatic ring is 1. The lowest BCUT2D eigenvalue weighted by atomic mass is 10.0. The highest BCUT2D eigenvalue weighted by Crippen LogP contribution is 2.27. The van der Waals surface area contributed by atoms with Crippen molar-refractivity contribution in [3.05, 3.63) is 77.2 Å². The van der Waals surface area contributed by atoms with Crippen LogP contribution in [0.3, 0.4) is 0 Å². The first kappa shape index (κ1) is 14.1. The molecule has 0 fully saturated rings. The number of nitrogens with zero attached hydrogens (tertiary/aromatic N) is 2. The summed E-state index contributed by atoms with van der Waals surface area (Å²) in [4.78, 5) is 8.32. The van der Waals surface area contributed by atoms with E-state index in [2.05, 4.69) is 21.8 Å². The minimum absolute atomic E-state index is 0.398. The van der Waals surface area contributed by atoms with Crippen LogP contribution in [0.15, 0.2) is 60.9 Å². The van der Waals surface area contributed by atoms with Gasteiger partial charge in [-0.2, -0.15) is 0 Å². The second-order valence-electron chi connectivity index (χ2n) is 4.61. The first-order valence-electron chi connectivity index (χ1n) is 6.67. The Balaban J connectivity index is 2.08. The molecule has 0 atom stereocenters. The second kappa shape index (κ2) is 6.30. The monoisotopic (exact) mass is 305 g/mol. The molecule has 3 aromatic rings. The maximum Gasteiger partial charge on any atom is 0.135 e. The van der Waals surface area contributed by atoms with Gasteiger partial charge in [0.05, 0.1) is 5.56 Å². The SMILES string of the molecule is Nc1ncnc(C#Cc2ccccc2)c1-c1ccc(Cl)cc1. The average molecular weight is 306 g/mol. The fraction of sp³-hybridized carbons (Fsp3) is 0. The zero-order chi connectivity index (χ0) is 15.4. The highest BCUT2D eigenvalue weighted by atomic mass is 35.5. The summed E-state index contributed by atoms with van der Waals surface area (Å²) in [5, 5.41) is 0.663. The van der Waals surface area contributed by atoms with E-state index in [1.165, 1.54) is 6.33 Å². The molecule has 2 aromatic carbocycles. The summed E-state index contributed by atoms with van der Waals surface area (Å²) in [7, 11) is 0. The van der Waals surface area contributed by atoms with E-state index in [-0.39, 0.29) is 0 Å². The molecule has 0 aliphatic rings. The first-order chi connectivity index (χ1) is 10.7. The molecule has 106 valence electrons. The average Bonchev–Trinajstić information content (AvgIpc) is 2.55. The third kappa shape index (κ3) is 3.08. The molecule has 1 aromatic heterocycles. The van der Waals surface area contributed by atoms with Crippen LogP contribution in [-0.2, 0) is 0 Å². The molecule has 0 radical (unpaired) electrons. The van der Waals surface area contributed by atoms with E-state index in [1.54, 1.807) is 12.1 Å². The lowest BCUT2D eigenvalue weighted by molar-refractivity contribution is 1.16. The van der Waals surface area contributed by atoms with Gasteiger partial charge in [0.15, 0.2) is 0 Å². The minimum Gasteiger partial charge on any atom is -0.383 e. The molecule has 0 saturated heterocycles. The molecule has 0 aliphatic heterocycles. The van der Waals surface area contributed by atoms with Crippen LogP contribution in [0.1, 0.15) is 11.3 Å². The zero-order valence-corrected chi connectivity index (χ0v) is 12.4. The summed E-state index contributed by atoms with van der Waals surface area (Å²) in [5.74, 6) is 6.56. The first-order valence-corrected chi connectivity index (χ1v) is 7.05. The predicted molar refractivity (Wildman–Crippen MR) is 89.3 cm³/mol. The highest BCUT2D eigenvalue weighted by Gasteiger charge is 2.10. The van der Waals surface area contributed by atoms with Crippen LogP contribution in [0.4, 0.5) is 5.82 Å². The molecule has 4 heteroatoms. The summed E-state index contributed by atoms with van der Waals surface area (Å²) in [5.41, 5.74) is 9.14. The van der Waals surface area contributed by atoms with Gasteiger partial charge in [0.1, 0.15) is 17.8 Å². The molecular weight excluding hydrogens is 294 g/mol. The van der Waals surface area contributed by atoms with E-state index in [9.17, 15) is 0 Å². The topological polar surface area (TPSA) is 51.8 Å². The molecule has 0 bridgehead atoms. The van der Waals surface area contributed by atoms with E-state index in [0.717, 1.165) is 16.7 Å². The number of hydrogen-bond acceptors (Lipinski definition) is 3. The molecule has 0 amide bonds. The molecule has 1 heterocycles. The van der Waals surface area contributed by atoms with E-state index < -0.39 is 0 Å². The Morgan fingerprint density at radius 1 is 0.864 bits per heavy atom. The van der Waals surface area contributed by atoms with Gasteiger partial charge in [-0.1, -0.05) is 47.9 Å². The Hall–Kier alpha value is -2.83. The van der Waals surface area contributed by atoms with E-state index in [1.807, 2.05) is 42.5 Å². The molecular formula is C18H12ClN3. The Labute approximate surface area is 133 Å². The number of aromatic nitrogens is 2. The lowest BCUT2D eigenvalue weighted by Crippen LogP contribution is -1.99. The molecule has 0 saturated carbocycles. The Bertz CT molecular complexity index is 847. The molecule has 0 unspecified atom stereocenters. The fourth-order valence-corrected chi connectivity index (χ4v) is 2.17. The number of rotatable bonds is 1. The normalized spacial score (nSPS) is 9.86. The smallest absolute Gasteiger partial charge is 0.135 e. The van der Waals surface area contributed by atoms with Crippen molar-refractivity contribution < 1.29 is 0 Å². The number of benzene rings is 2. The maximum absolute atomic E-state index is 6.01. The number of anilines is 1. The molecule has 0 spiro atoms. The highest BCUT2D eigenvalue weighted by molar-refractivity contribution is 6.30. The van der Waals surface area contributed by atoms with Gasteiger partial charge < -0.3 is 5.73 Å². The van der Waals surface area contributed by atoms with Gasteiger partial charge in [0.25, 0.3) is 0 Å². The van der Waals surface area contributed by atoms with Crippen LogP contribution in [-0.4, -0.2) is 9.97 Å². The van der Waals surface area contributed by atoms with Gasteiger partial charge >= 0.3 is 0 Å². The molecule has 3 rings (SSSR count). The van der Waals surface area contributed by atoms with Gasteiger partial charge in [0.2, 0.25) is 0 Å².